The largest absolute Gasteiger partial charge is 0.387 e. The number of hydrogen-bond acceptors (Lipinski definition) is 13. The zero-order chi connectivity index (χ0) is 102. The lowest BCUT2D eigenvalue weighted by atomic mass is 9.48. The summed E-state index contributed by atoms with van der Waals surface area (Å²) in [7, 11) is 1.72. The van der Waals surface area contributed by atoms with Crippen LogP contribution in [0.4, 0.5) is 13.2 Å². The van der Waals surface area contributed by atoms with Gasteiger partial charge in [0.05, 0.1) is 48.3 Å². The van der Waals surface area contributed by atoms with Gasteiger partial charge in [-0.3, -0.25) is 9.59 Å². The van der Waals surface area contributed by atoms with Gasteiger partial charge in [0.1, 0.15) is 35.0 Å². The normalized spacial score (nSPS) is 46.9. The number of nitrogens with zero attached hydrogens (tertiary/aromatic N) is 6. The lowest BCUT2D eigenvalue weighted by Crippen LogP contribution is -2.53. The van der Waals surface area contributed by atoms with E-state index in [-0.39, 0.29) is 35.5 Å². The summed E-state index contributed by atoms with van der Waals surface area (Å²) in [6.45, 7) is 28.9. The summed E-state index contributed by atoms with van der Waals surface area (Å²) in [5.74, 6) is 33.3. The number of ether oxygens (including phenoxy) is 1. The molecule has 3 aromatic rings. The number of imidazole rings is 3. The van der Waals surface area contributed by atoms with Crippen molar-refractivity contribution in [3.63, 3.8) is 0 Å². The fourth-order valence-electron chi connectivity index (χ4n) is 41.8. The first kappa shape index (κ1) is 108. The molecule has 0 radical (unpaired) electrons. The summed E-state index contributed by atoms with van der Waals surface area (Å²) < 4.78 is 51.9. The molecule has 802 valence electrons. The van der Waals surface area contributed by atoms with Gasteiger partial charge in [-0.2, -0.15) is 23.5 Å². The number of halogens is 4. The molecule has 3 heterocycles. The van der Waals surface area contributed by atoms with Crippen molar-refractivity contribution in [2.24, 2.45) is 211 Å². The molecule has 0 spiro atoms. The number of ketones is 2. The monoisotopic (exact) mass is 2050 g/mol. The van der Waals surface area contributed by atoms with Crippen molar-refractivity contribution < 1.29 is 53.0 Å². The van der Waals surface area contributed by atoms with E-state index in [2.05, 4.69) is 119 Å². The molecular weight excluding hydrogens is 1870 g/mol. The van der Waals surface area contributed by atoms with E-state index in [1.54, 1.807) is 30.6 Å². The average Bonchev–Trinajstić information content (AvgIpc) is 1.61. The van der Waals surface area contributed by atoms with Gasteiger partial charge in [-0.15, -0.1) is 0 Å². The number of carbonyl (C=O) groups excluding carboxylic acids is 2. The van der Waals surface area contributed by atoms with Gasteiger partial charge in [-0.1, -0.05) is 88.8 Å². The lowest BCUT2D eigenvalue weighted by Gasteiger charge is -2.57. The van der Waals surface area contributed by atoms with Crippen molar-refractivity contribution in [3.05, 3.63) is 92.6 Å². The molecule has 14 nitrogen and oxygen atoms in total. The molecule has 21 saturated carbocycles. The van der Waals surface area contributed by atoms with Gasteiger partial charge in [0, 0.05) is 87.1 Å². The van der Waals surface area contributed by atoms with Gasteiger partial charge < -0.3 is 44.0 Å². The maximum atomic E-state index is 13.4. The molecule has 0 amide bonds. The van der Waals surface area contributed by atoms with Gasteiger partial charge in [0.15, 0.2) is 0 Å². The molecule has 24 rings (SSSR count). The van der Waals surface area contributed by atoms with Crippen LogP contribution in [-0.4, -0.2) is 145 Å². The Morgan fingerprint density at radius 3 is 1.01 bits per heavy atom. The number of thioether (sulfide) groups is 2. The van der Waals surface area contributed by atoms with E-state index in [9.17, 15) is 48.3 Å². The summed E-state index contributed by atoms with van der Waals surface area (Å²) in [5, 5.41) is 56.2. The molecule has 0 saturated heterocycles. The number of aliphatic hydroxyl groups is 5. The zero-order valence-corrected chi connectivity index (χ0v) is 92.3. The Kier molecular flexibility index (Phi) is 32.4. The van der Waals surface area contributed by atoms with Crippen LogP contribution in [-0.2, 0) is 34.0 Å². The van der Waals surface area contributed by atoms with Crippen molar-refractivity contribution in [2.75, 3.05) is 44.4 Å². The average molecular weight is 2060 g/mol. The minimum absolute atomic E-state index is 0.152. The first-order chi connectivity index (χ1) is 69.5. The van der Waals surface area contributed by atoms with Crippen LogP contribution in [0.3, 0.4) is 0 Å². The SMILES string of the molecule is C=C(Cn1ccnc1)[C@H]1CC[C@H]2[C@@H]3CC[C@@H]4C[C@@](O)(C#CC5CC5)CC[C@@H]4[C@H]3CC[C@]12C.C=C(Cn1ccnc1)[C@H]1CC[C@H]2[C@@H]3CC[C@@H]4C[C@@](O)(CF)CC[C@@H]4[C@H]3CC[C@]12C.C=C(Cn1ccnc1)[C@H]1CC[C@H]2[C@@H]3CC[C@@H]4C[C@@](O)(COC)CC[C@@H]4[C@H]3CC[C@]12C.CSCC(=O)[C@H]1CC[C@H]2[C@@H]3CC[C@@H]4C[C@@](O)(C#CCl)CC[C@@H]4[C@H]3CC[C@]12C.CSCC(=O)[C@H]1CC[C@H]2[C@@H]3CC[C@@H]4C[C@@](O)(C(F)F)CC[C@@H]4[C@H]3CC[C@]12C. The van der Waals surface area contributed by atoms with Crippen LogP contribution in [0.25, 0.3) is 0 Å². The molecule has 145 heavy (non-hydrogen) atoms. The predicted molar refractivity (Wildman–Crippen MR) is 577 cm³/mol. The standard InChI is InChI=1S/C29H40N2O.C26H40N2O2.C25H37FN2O.C23H33ClO2S.C22H34F2O2S/c1-20(18-31-16-15-30-19-31)26-7-8-27-25-6-5-22-17-29(32,13-9-21-3-4-21)14-11-23(22)24(25)10-12-28(26,27)2;1-18(15-28-13-12-27-17-28)23-6-7-24-22-5-4-19-14-26(29,16-30-3)11-9-20(19)21(22)8-10-25(23,24)2;1-17(14-28-12-11-27-16-28)22-5-6-23-21-4-3-18-13-25(29,15-26)10-8-19(18)20(21)7-9-24(22,23)2;1-22-9-7-17-16-8-10-23(26,11-12-24)13-15(16)3-4-18(17)19(22)5-6-20(22)21(25)14-27-2;1-21-9-7-15-14-8-10-22(26,20(23)24)11-13(14)3-4-16(15)17(21)5-6-18(21)19(25)12-27-2/h15-16,19,21-27,32H,1,3-8,10-12,14,17-18H2,2H3;12-13,17,19-24,29H,1,4-11,14-16H2,2-3H3;11-12,16,18-23,29H,1,3-10,13-15H2,2H3;15-20,26H,3-10,13-14H2,1-2H3;13-18,20,26H,3-12H2,1-2H3/t22-,23+,24-,25-,26-,27+,28-,29-;19-,20+,21-,22-,23-,24+,25-,26-;18-,19+,20-,21-,22-,23+,24-,25-;15-,16+,17-,18-,19+,20-,22+,23+;13-,14+,15-,16-,17+,18-,21+,22-/m11111/s1. The van der Waals surface area contributed by atoms with Crippen LogP contribution >= 0.6 is 35.1 Å². The minimum atomic E-state index is -2.62. The summed E-state index contributed by atoms with van der Waals surface area (Å²) in [6, 6.07) is 0. The van der Waals surface area contributed by atoms with Gasteiger partial charge >= 0.3 is 0 Å². The highest BCUT2D eigenvalue weighted by molar-refractivity contribution is 7.99. The number of methoxy groups -OCH3 is 1. The van der Waals surface area contributed by atoms with E-state index in [1.165, 1.54) is 197 Å². The van der Waals surface area contributed by atoms with Gasteiger partial charge in [-0.25, -0.2) is 28.1 Å². The van der Waals surface area contributed by atoms with Crippen molar-refractivity contribution in [2.45, 2.75) is 390 Å². The maximum absolute atomic E-state index is 13.4. The summed E-state index contributed by atoms with van der Waals surface area (Å²) in [6.07, 6.45) is 71.9. The molecule has 21 aliphatic rings. The Bertz CT molecular complexity index is 5110. The molecule has 0 bridgehead atoms. The molecule has 0 aromatic carbocycles. The van der Waals surface area contributed by atoms with Gasteiger partial charge in [0.25, 0.3) is 6.43 Å². The molecule has 40 atom stereocenters. The fourth-order valence-corrected chi connectivity index (χ4v) is 43.0. The minimum Gasteiger partial charge on any atom is -0.387 e. The molecular formula is C125H184ClF3N6O8S2. The predicted octanol–water partition coefficient (Wildman–Crippen LogP) is 26.6. The second-order valence-electron chi connectivity index (χ2n) is 55.0. The first-order valence-electron chi connectivity index (χ1n) is 59.1. The van der Waals surface area contributed by atoms with Crippen LogP contribution in [0.2, 0.25) is 0 Å². The van der Waals surface area contributed by atoms with Gasteiger partial charge in [0.2, 0.25) is 0 Å². The Morgan fingerprint density at radius 1 is 0.386 bits per heavy atom. The van der Waals surface area contributed by atoms with Crippen molar-refractivity contribution in [1.82, 2.24) is 28.7 Å². The van der Waals surface area contributed by atoms with Crippen LogP contribution in [0.1, 0.15) is 336 Å². The summed E-state index contributed by atoms with van der Waals surface area (Å²) in [5.41, 5.74) is 0.935. The molecule has 21 aliphatic carbocycles. The zero-order valence-electron chi connectivity index (χ0n) is 89.9. The van der Waals surface area contributed by atoms with E-state index in [4.69, 9.17) is 16.3 Å². The summed E-state index contributed by atoms with van der Waals surface area (Å²) >= 11 is 8.92. The van der Waals surface area contributed by atoms with Crippen LogP contribution in [0.15, 0.2) is 92.6 Å². The lowest BCUT2D eigenvalue weighted by molar-refractivity contribution is -0.160. The maximum Gasteiger partial charge on any atom is 0.266 e. The Balaban J connectivity index is 0.000000111. The van der Waals surface area contributed by atoms with E-state index in [0.29, 0.717) is 136 Å². The van der Waals surface area contributed by atoms with E-state index < -0.39 is 41.1 Å². The van der Waals surface area contributed by atoms with Crippen molar-refractivity contribution in [1.29, 1.82) is 0 Å². The third kappa shape index (κ3) is 21.0. The molecule has 5 N–H and O–H groups in total. The fraction of sp³-hybridized carbons (Fsp3) is 0.832. The number of fused-ring (bicyclic) bond motifs is 25. The third-order valence-corrected chi connectivity index (χ3v) is 49.6. The van der Waals surface area contributed by atoms with Crippen LogP contribution in [0.5, 0.6) is 0 Å². The highest BCUT2D eigenvalue weighted by atomic mass is 35.5. The van der Waals surface area contributed by atoms with Crippen LogP contribution in [0, 0.1) is 234 Å². The Hall–Kier alpha value is -4.15. The van der Waals surface area contributed by atoms with E-state index in [0.717, 1.165) is 211 Å². The number of aromatic nitrogens is 6. The molecule has 21 fully saturated rings. The molecule has 3 aromatic heterocycles. The van der Waals surface area contributed by atoms with Crippen molar-refractivity contribution in [3.8, 4) is 23.1 Å². The topological polar surface area (TPSA) is 198 Å². The van der Waals surface area contributed by atoms with E-state index >= 15 is 0 Å². The number of alkyl halides is 3. The first-order valence-corrected chi connectivity index (χ1v) is 62.2. The number of hydrogen-bond donors (Lipinski definition) is 5. The smallest absolute Gasteiger partial charge is 0.266 e. The molecule has 0 unspecified atom stereocenters. The highest BCUT2D eigenvalue weighted by Gasteiger charge is 2.66. The number of carbonyl (C=O) groups is 2. The van der Waals surface area contributed by atoms with Gasteiger partial charge in [-0.05, 0) is 519 Å². The van der Waals surface area contributed by atoms with Crippen LogP contribution < -0.4 is 0 Å². The Morgan fingerprint density at radius 2 is 0.690 bits per heavy atom. The van der Waals surface area contributed by atoms with E-state index in [1.807, 2.05) is 56.3 Å². The second-order valence-corrected chi connectivity index (χ2v) is 56.9. The second kappa shape index (κ2) is 43.5. The quantitative estimate of drug-likeness (QED) is 0.0562. The summed E-state index contributed by atoms with van der Waals surface area (Å²) in [4.78, 5) is 38.1. The highest BCUT2D eigenvalue weighted by Crippen LogP contribution is 2.73. The number of rotatable bonds is 19. The Labute approximate surface area is 883 Å². The number of allylic oxidation sites excluding steroid dienone is 3. The molecule has 20 heteroatoms. The van der Waals surface area contributed by atoms with Crippen molar-refractivity contribution >= 4 is 46.7 Å². The number of Topliss-reactive ketones (excluding diaryl/α,β-unsaturated/α-hetero) is 2. The molecule has 0 aliphatic heterocycles. The third-order valence-electron chi connectivity index (χ3n) is 48.4.